The molecule has 2 saturated heterocycles. The Labute approximate surface area is 283 Å². The van der Waals surface area contributed by atoms with Crippen molar-refractivity contribution in [1.82, 2.24) is 19.4 Å². The molecule has 12 heteroatoms. The molecule has 258 valence electrons. The van der Waals surface area contributed by atoms with Crippen molar-refractivity contribution in [3.05, 3.63) is 95.6 Å². The molecule has 0 aromatic heterocycles. The second kappa shape index (κ2) is 16.4. The van der Waals surface area contributed by atoms with Crippen LogP contribution in [0.4, 0.5) is 4.79 Å². The predicted octanol–water partition coefficient (Wildman–Crippen LogP) is 4.29. The van der Waals surface area contributed by atoms with Crippen LogP contribution in [0.5, 0.6) is 5.75 Å². The highest BCUT2D eigenvalue weighted by Crippen LogP contribution is 2.27. The molecule has 3 aromatic rings. The summed E-state index contributed by atoms with van der Waals surface area (Å²) in [5.74, 6) is 0.597. The van der Waals surface area contributed by atoms with E-state index in [1.54, 1.807) is 31.2 Å². The average molecular weight is 679 g/mol. The van der Waals surface area contributed by atoms with Crippen molar-refractivity contribution < 1.29 is 32.2 Å². The van der Waals surface area contributed by atoms with Gasteiger partial charge in [0.1, 0.15) is 18.5 Å². The third-order valence-electron chi connectivity index (χ3n) is 8.89. The molecule has 2 aliphatic heterocycles. The number of carbonyl (C=O) groups excluding carboxylic acids is 2. The molecule has 0 bridgehead atoms. The number of nitrogens with zero attached hydrogens (tertiary/aromatic N) is 3. The number of esters is 1. The number of ether oxygens (including phenoxy) is 3. The number of likely N-dealkylation sites (tertiary alicyclic amines) is 1. The maximum atomic E-state index is 13.3. The van der Waals surface area contributed by atoms with Gasteiger partial charge in [0.05, 0.1) is 24.1 Å². The molecule has 3 atom stereocenters. The maximum absolute atomic E-state index is 13.3. The second-order valence-electron chi connectivity index (χ2n) is 12.5. The Morgan fingerprint density at radius 3 is 2.33 bits per heavy atom. The third-order valence-corrected chi connectivity index (χ3v) is 10.8. The highest BCUT2D eigenvalue weighted by atomic mass is 32.2. The Morgan fingerprint density at radius 2 is 1.62 bits per heavy atom. The van der Waals surface area contributed by atoms with E-state index in [9.17, 15) is 18.0 Å². The number of piperidine rings is 1. The fourth-order valence-corrected chi connectivity index (χ4v) is 7.43. The molecule has 1 N–H and O–H groups in total. The van der Waals surface area contributed by atoms with Crippen LogP contribution in [-0.4, -0.2) is 100 Å². The van der Waals surface area contributed by atoms with Gasteiger partial charge in [-0.2, -0.15) is 4.31 Å². The van der Waals surface area contributed by atoms with Gasteiger partial charge in [-0.15, -0.1) is 0 Å². The van der Waals surface area contributed by atoms with Crippen molar-refractivity contribution in [2.75, 3.05) is 59.5 Å². The number of hydrogen-bond donors (Lipinski definition) is 1. The minimum atomic E-state index is -3.67. The van der Waals surface area contributed by atoms with E-state index in [4.69, 9.17) is 14.2 Å². The van der Waals surface area contributed by atoms with Crippen LogP contribution >= 0.6 is 0 Å². The number of alkyl carbamates (subject to hydrolysis) is 1. The van der Waals surface area contributed by atoms with Crippen LogP contribution in [-0.2, 0) is 30.9 Å². The van der Waals surface area contributed by atoms with E-state index in [-0.39, 0.29) is 36.0 Å². The number of sulfonamides is 1. The summed E-state index contributed by atoms with van der Waals surface area (Å²) in [6.07, 6.45) is 0.339. The summed E-state index contributed by atoms with van der Waals surface area (Å²) < 4.78 is 45.0. The summed E-state index contributed by atoms with van der Waals surface area (Å²) in [7, 11) is -1.64. The number of amides is 1. The first kappa shape index (κ1) is 35.3. The molecule has 3 aromatic carbocycles. The van der Waals surface area contributed by atoms with E-state index in [2.05, 4.69) is 17.1 Å². The summed E-state index contributed by atoms with van der Waals surface area (Å²) >= 11 is 0. The minimum absolute atomic E-state index is 0.160. The number of benzene rings is 3. The molecular formula is C36H46N4O7S. The zero-order chi connectivity index (χ0) is 34.1. The fraction of sp³-hybridized carbons (Fsp3) is 0.444. The van der Waals surface area contributed by atoms with Gasteiger partial charge in [0, 0.05) is 32.7 Å². The lowest BCUT2D eigenvalue weighted by Crippen LogP contribution is -2.49. The average Bonchev–Trinajstić information content (AvgIpc) is 3.09. The van der Waals surface area contributed by atoms with Gasteiger partial charge in [0.15, 0.2) is 0 Å². The van der Waals surface area contributed by atoms with E-state index in [1.165, 1.54) is 4.31 Å². The van der Waals surface area contributed by atoms with Gasteiger partial charge in [-0.3, -0.25) is 9.69 Å². The first-order valence-corrected chi connectivity index (χ1v) is 18.0. The van der Waals surface area contributed by atoms with Gasteiger partial charge in [-0.05, 0) is 73.8 Å². The number of rotatable bonds is 12. The standard InChI is InChI=1S/C36H46N4O7S/c1-4-45-34(41)25-39-19-21-40(22-20-39)48(43,44)32-15-13-28(14-16-32)26-46-31-12-8-11-30(23-31)35(29-9-6-5-7-10-29)37-36(42)47-33-24-38(3)18-17-27(33)2/h5-16,23,27,33,35H,4,17-22,24-26H2,1-3H3,(H,37,42)/t27?,33-,35-/m0/s1. The first-order valence-electron chi connectivity index (χ1n) is 16.5. The van der Waals surface area contributed by atoms with Crippen LogP contribution in [0, 0.1) is 5.92 Å². The molecule has 1 amide bonds. The Balaban J connectivity index is 1.20. The van der Waals surface area contributed by atoms with Crippen LogP contribution in [0.2, 0.25) is 0 Å². The maximum Gasteiger partial charge on any atom is 0.408 e. The van der Waals surface area contributed by atoms with Crippen molar-refractivity contribution >= 4 is 22.1 Å². The summed E-state index contributed by atoms with van der Waals surface area (Å²) in [6.45, 7) is 7.81. The van der Waals surface area contributed by atoms with Gasteiger partial charge in [-0.25, -0.2) is 13.2 Å². The molecule has 2 aliphatic rings. The number of piperazine rings is 1. The first-order chi connectivity index (χ1) is 23.1. The highest BCUT2D eigenvalue weighted by Gasteiger charge is 2.30. The van der Waals surface area contributed by atoms with Gasteiger partial charge in [0.25, 0.3) is 0 Å². The quantitative estimate of drug-likeness (QED) is 0.280. The topological polar surface area (TPSA) is 118 Å². The Hall–Kier alpha value is -3.97. The predicted molar refractivity (Wildman–Crippen MR) is 182 cm³/mol. The van der Waals surface area contributed by atoms with Crippen LogP contribution < -0.4 is 10.1 Å². The lowest BCUT2D eigenvalue weighted by Gasteiger charge is -2.34. The zero-order valence-corrected chi connectivity index (χ0v) is 28.7. The highest BCUT2D eigenvalue weighted by molar-refractivity contribution is 7.89. The molecule has 2 fully saturated rings. The SMILES string of the molecule is CCOC(=O)CN1CCN(S(=O)(=O)c2ccc(COc3cccc([C@@H](NC(=O)O[C@H]4CN(C)CCC4C)c4ccccc4)c3)cc2)CC1. The van der Waals surface area contributed by atoms with Crippen molar-refractivity contribution in [1.29, 1.82) is 0 Å². The second-order valence-corrected chi connectivity index (χ2v) is 14.4. The largest absolute Gasteiger partial charge is 0.489 e. The van der Waals surface area contributed by atoms with Crippen molar-refractivity contribution in [3.8, 4) is 5.75 Å². The summed E-state index contributed by atoms with van der Waals surface area (Å²) in [5, 5.41) is 3.08. The monoisotopic (exact) mass is 678 g/mol. The van der Waals surface area contributed by atoms with E-state index in [0.717, 1.165) is 29.7 Å². The third kappa shape index (κ3) is 9.34. The van der Waals surface area contributed by atoms with Crippen LogP contribution in [0.3, 0.4) is 0 Å². The van der Waals surface area contributed by atoms with Gasteiger partial charge in [-0.1, -0.05) is 61.5 Å². The summed E-state index contributed by atoms with van der Waals surface area (Å²) in [5.41, 5.74) is 2.57. The van der Waals surface area contributed by atoms with Gasteiger partial charge in [0.2, 0.25) is 10.0 Å². The molecule has 11 nitrogen and oxygen atoms in total. The van der Waals surface area contributed by atoms with Gasteiger partial charge < -0.3 is 24.4 Å². The van der Waals surface area contributed by atoms with Crippen LogP contribution in [0.15, 0.2) is 83.8 Å². The van der Waals surface area contributed by atoms with Crippen LogP contribution in [0.1, 0.15) is 43.0 Å². The van der Waals surface area contributed by atoms with E-state index < -0.39 is 22.2 Å². The van der Waals surface area contributed by atoms with E-state index >= 15 is 0 Å². The molecule has 0 spiro atoms. The summed E-state index contributed by atoms with van der Waals surface area (Å²) in [6, 6.07) is 23.6. The number of nitrogens with one attached hydrogen (secondary N) is 1. The van der Waals surface area contributed by atoms with E-state index in [0.29, 0.717) is 45.1 Å². The van der Waals surface area contributed by atoms with Gasteiger partial charge >= 0.3 is 12.1 Å². The molecule has 1 unspecified atom stereocenters. The van der Waals surface area contributed by atoms with Crippen molar-refractivity contribution in [2.24, 2.45) is 5.92 Å². The molecule has 48 heavy (non-hydrogen) atoms. The molecule has 0 radical (unpaired) electrons. The lowest BCUT2D eigenvalue weighted by atomic mass is 9.96. The number of likely N-dealkylation sites (N-methyl/N-ethyl adjacent to an activating group) is 1. The van der Waals surface area contributed by atoms with Crippen LogP contribution in [0.25, 0.3) is 0 Å². The molecule has 2 heterocycles. The Morgan fingerprint density at radius 1 is 0.917 bits per heavy atom. The molecular weight excluding hydrogens is 632 g/mol. The number of carbonyl (C=O) groups is 2. The summed E-state index contributed by atoms with van der Waals surface area (Å²) in [4.78, 5) is 29.2. The smallest absolute Gasteiger partial charge is 0.408 e. The fourth-order valence-electron chi connectivity index (χ4n) is 6.01. The molecule has 0 aliphatic carbocycles. The number of hydrogen-bond acceptors (Lipinski definition) is 9. The minimum Gasteiger partial charge on any atom is -0.489 e. The molecule has 5 rings (SSSR count). The van der Waals surface area contributed by atoms with E-state index in [1.807, 2.05) is 66.5 Å². The van der Waals surface area contributed by atoms with Crippen molar-refractivity contribution in [3.63, 3.8) is 0 Å². The zero-order valence-electron chi connectivity index (χ0n) is 27.9. The normalized spacial score (nSPS) is 20.1. The Kier molecular flexibility index (Phi) is 12.1. The Bertz CT molecular complexity index is 1610. The molecule has 0 saturated carbocycles. The lowest BCUT2D eigenvalue weighted by molar-refractivity contribution is -0.144. The van der Waals surface area contributed by atoms with Crippen molar-refractivity contribution in [2.45, 2.75) is 43.9 Å².